The van der Waals surface area contributed by atoms with Crippen LogP contribution in [0.3, 0.4) is 0 Å². The summed E-state index contributed by atoms with van der Waals surface area (Å²) in [5.74, 6) is -0.300. The molecule has 0 bridgehead atoms. The number of piperazine rings is 1. The first-order valence-corrected chi connectivity index (χ1v) is 8.45. The lowest BCUT2D eigenvalue weighted by molar-refractivity contribution is -0.133. The van der Waals surface area contributed by atoms with E-state index in [1.54, 1.807) is 12.0 Å². The second kappa shape index (κ2) is 8.01. The molecule has 0 unspecified atom stereocenters. The number of methoxy groups -OCH3 is 1. The summed E-state index contributed by atoms with van der Waals surface area (Å²) in [7, 11) is 1.65. The highest BCUT2D eigenvalue weighted by molar-refractivity contribution is 5.85. The van der Waals surface area contributed by atoms with Gasteiger partial charge in [0.05, 0.1) is 7.11 Å². The number of hydrogen-bond donors (Lipinski definition) is 1. The number of carbonyl (C=O) groups excluding carboxylic acids is 1. The minimum atomic E-state index is -1.09. The van der Waals surface area contributed by atoms with Crippen LogP contribution in [-0.2, 0) is 17.9 Å². The molecule has 1 aliphatic rings. The Morgan fingerprint density at radius 3 is 2.38 bits per heavy atom. The van der Waals surface area contributed by atoms with Gasteiger partial charge in [-0.15, -0.1) is 0 Å². The van der Waals surface area contributed by atoms with Crippen molar-refractivity contribution in [2.24, 2.45) is 0 Å². The van der Waals surface area contributed by atoms with Crippen molar-refractivity contribution in [2.75, 3.05) is 33.3 Å². The maximum atomic E-state index is 12.4. The lowest BCUT2D eigenvalue weighted by Crippen LogP contribution is -2.49. The Bertz CT molecular complexity index is 764. The summed E-state index contributed by atoms with van der Waals surface area (Å²) in [5.41, 5.74) is 1.16. The van der Waals surface area contributed by atoms with Gasteiger partial charge in [-0.05, 0) is 23.8 Å². The van der Waals surface area contributed by atoms with E-state index in [4.69, 9.17) is 9.84 Å². The van der Waals surface area contributed by atoms with Crippen molar-refractivity contribution in [3.63, 3.8) is 0 Å². The highest BCUT2D eigenvalue weighted by atomic mass is 16.5. The highest BCUT2D eigenvalue weighted by Crippen LogP contribution is 2.14. The van der Waals surface area contributed by atoms with Crippen molar-refractivity contribution in [3.8, 4) is 5.75 Å². The van der Waals surface area contributed by atoms with Gasteiger partial charge in [0.2, 0.25) is 5.91 Å². The third-order valence-corrected chi connectivity index (χ3v) is 4.45. The van der Waals surface area contributed by atoms with Crippen LogP contribution in [0.4, 0.5) is 0 Å². The molecule has 1 saturated heterocycles. The smallest absolute Gasteiger partial charge is 0.356 e. The topological polar surface area (TPSA) is 87.9 Å². The summed E-state index contributed by atoms with van der Waals surface area (Å²) in [4.78, 5) is 27.3. The molecule has 0 radical (unpaired) electrons. The number of rotatable bonds is 6. The predicted octanol–water partition coefficient (Wildman–Crippen LogP) is 0.934. The van der Waals surface area contributed by atoms with E-state index >= 15 is 0 Å². The number of benzene rings is 1. The van der Waals surface area contributed by atoms with E-state index in [-0.39, 0.29) is 18.1 Å². The molecular formula is C18H22N4O4. The Morgan fingerprint density at radius 2 is 1.81 bits per heavy atom. The average Bonchev–Trinajstić information content (AvgIpc) is 3.12. The number of aromatic carboxylic acids is 1. The normalized spacial score (nSPS) is 15.0. The number of hydrogen-bond acceptors (Lipinski definition) is 5. The largest absolute Gasteiger partial charge is 0.497 e. The lowest BCUT2D eigenvalue weighted by atomic mass is 10.2. The Balaban J connectivity index is 1.47. The third kappa shape index (κ3) is 4.40. The van der Waals surface area contributed by atoms with Crippen LogP contribution < -0.4 is 4.74 Å². The first kappa shape index (κ1) is 17.9. The fraction of sp³-hybridized carbons (Fsp3) is 0.389. The molecule has 0 saturated carbocycles. The van der Waals surface area contributed by atoms with Crippen molar-refractivity contribution in [1.29, 1.82) is 0 Å². The van der Waals surface area contributed by atoms with E-state index < -0.39 is 5.97 Å². The standard InChI is InChI=1S/C18H22N4O4/c1-26-15-4-2-14(3-5-15)12-20-8-10-21(11-9-20)17(23)13-22-7-6-16(19-22)18(24)25/h2-7H,8-13H2,1H3,(H,24,25). The molecule has 138 valence electrons. The van der Waals surface area contributed by atoms with Gasteiger partial charge < -0.3 is 14.7 Å². The molecule has 2 heterocycles. The summed E-state index contributed by atoms with van der Waals surface area (Å²) in [6.45, 7) is 3.82. The van der Waals surface area contributed by atoms with Crippen LogP contribution in [0.2, 0.25) is 0 Å². The molecule has 26 heavy (non-hydrogen) atoms. The van der Waals surface area contributed by atoms with Crippen molar-refractivity contribution in [1.82, 2.24) is 19.6 Å². The molecule has 0 aliphatic carbocycles. The Hall–Kier alpha value is -2.87. The Morgan fingerprint density at radius 1 is 1.12 bits per heavy atom. The number of amides is 1. The van der Waals surface area contributed by atoms with Gasteiger partial charge in [0, 0.05) is 38.9 Å². The number of ether oxygens (including phenoxy) is 1. The minimum Gasteiger partial charge on any atom is -0.497 e. The van der Waals surface area contributed by atoms with E-state index in [0.717, 1.165) is 25.4 Å². The summed E-state index contributed by atoms with van der Waals surface area (Å²) < 4.78 is 6.54. The zero-order chi connectivity index (χ0) is 18.5. The summed E-state index contributed by atoms with van der Waals surface area (Å²) in [6, 6.07) is 9.39. The number of carbonyl (C=O) groups is 2. The Labute approximate surface area is 151 Å². The molecule has 8 nitrogen and oxygen atoms in total. The molecular weight excluding hydrogens is 336 g/mol. The van der Waals surface area contributed by atoms with Crippen molar-refractivity contribution >= 4 is 11.9 Å². The number of nitrogens with zero attached hydrogens (tertiary/aromatic N) is 4. The molecule has 0 atom stereocenters. The van der Waals surface area contributed by atoms with Crippen molar-refractivity contribution < 1.29 is 19.4 Å². The van der Waals surface area contributed by atoms with Crippen LogP contribution in [0.1, 0.15) is 16.1 Å². The highest BCUT2D eigenvalue weighted by Gasteiger charge is 2.21. The lowest BCUT2D eigenvalue weighted by Gasteiger charge is -2.34. The van der Waals surface area contributed by atoms with Crippen molar-refractivity contribution in [2.45, 2.75) is 13.1 Å². The first-order valence-electron chi connectivity index (χ1n) is 8.45. The molecule has 8 heteroatoms. The van der Waals surface area contributed by atoms with E-state index in [1.165, 1.54) is 22.5 Å². The van der Waals surface area contributed by atoms with E-state index in [1.807, 2.05) is 24.3 Å². The second-order valence-corrected chi connectivity index (χ2v) is 6.21. The molecule has 1 fully saturated rings. The second-order valence-electron chi connectivity index (χ2n) is 6.21. The average molecular weight is 358 g/mol. The molecule has 3 rings (SSSR count). The van der Waals surface area contributed by atoms with Crippen LogP contribution in [0, 0.1) is 0 Å². The monoisotopic (exact) mass is 358 g/mol. The maximum absolute atomic E-state index is 12.4. The van der Waals surface area contributed by atoms with Crippen molar-refractivity contribution in [3.05, 3.63) is 47.8 Å². The van der Waals surface area contributed by atoms with Gasteiger partial charge in [-0.1, -0.05) is 12.1 Å². The predicted molar refractivity (Wildman–Crippen MR) is 94.0 cm³/mol. The number of aromatic nitrogens is 2. The van der Waals surface area contributed by atoms with Crippen LogP contribution >= 0.6 is 0 Å². The molecule has 1 aromatic heterocycles. The molecule has 1 N–H and O–H groups in total. The fourth-order valence-corrected chi connectivity index (χ4v) is 2.95. The summed E-state index contributed by atoms with van der Waals surface area (Å²) >= 11 is 0. The quantitative estimate of drug-likeness (QED) is 0.827. The molecule has 1 amide bonds. The van der Waals surface area contributed by atoms with E-state index in [0.29, 0.717) is 13.1 Å². The fourth-order valence-electron chi connectivity index (χ4n) is 2.95. The zero-order valence-electron chi connectivity index (χ0n) is 14.7. The van der Waals surface area contributed by atoms with Gasteiger partial charge in [-0.2, -0.15) is 5.10 Å². The van der Waals surface area contributed by atoms with Gasteiger partial charge in [-0.3, -0.25) is 14.4 Å². The van der Waals surface area contributed by atoms with Crippen LogP contribution in [-0.4, -0.2) is 69.9 Å². The van der Waals surface area contributed by atoms with E-state index in [9.17, 15) is 9.59 Å². The van der Waals surface area contributed by atoms with Gasteiger partial charge in [-0.25, -0.2) is 4.79 Å². The van der Waals surface area contributed by atoms with Gasteiger partial charge in [0.25, 0.3) is 0 Å². The van der Waals surface area contributed by atoms with Crippen LogP contribution in [0.5, 0.6) is 5.75 Å². The molecule has 2 aromatic rings. The van der Waals surface area contributed by atoms with Crippen LogP contribution in [0.15, 0.2) is 36.5 Å². The molecule has 1 aliphatic heterocycles. The molecule has 0 spiro atoms. The SMILES string of the molecule is COc1ccc(CN2CCN(C(=O)Cn3ccc(C(=O)O)n3)CC2)cc1. The number of carboxylic acid groups (broad SMARTS) is 1. The third-order valence-electron chi connectivity index (χ3n) is 4.45. The summed E-state index contributed by atoms with van der Waals surface area (Å²) in [6.07, 6.45) is 1.52. The molecule has 1 aromatic carbocycles. The van der Waals surface area contributed by atoms with E-state index in [2.05, 4.69) is 10.00 Å². The van der Waals surface area contributed by atoms with Gasteiger partial charge >= 0.3 is 5.97 Å². The minimum absolute atomic E-state index is 0.0471. The van der Waals surface area contributed by atoms with Crippen LogP contribution in [0.25, 0.3) is 0 Å². The number of carboxylic acids is 1. The first-order chi connectivity index (χ1) is 12.5. The van der Waals surface area contributed by atoms with Gasteiger partial charge in [0.1, 0.15) is 12.3 Å². The summed E-state index contributed by atoms with van der Waals surface area (Å²) in [5, 5.41) is 12.8. The maximum Gasteiger partial charge on any atom is 0.356 e. The zero-order valence-corrected chi connectivity index (χ0v) is 14.7. The Kier molecular flexibility index (Phi) is 5.52. The van der Waals surface area contributed by atoms with Gasteiger partial charge in [0.15, 0.2) is 5.69 Å².